The zero-order chi connectivity index (χ0) is 11.7. The Morgan fingerprint density at radius 3 is 2.65 bits per heavy atom. The van der Waals surface area contributed by atoms with Crippen LogP contribution in [0.25, 0.3) is 21.3 Å². The van der Waals surface area contributed by atoms with Gasteiger partial charge in [0.25, 0.3) is 0 Å². The van der Waals surface area contributed by atoms with Crippen LogP contribution in [0.5, 0.6) is 0 Å². The summed E-state index contributed by atoms with van der Waals surface area (Å²) in [5.74, 6) is 0. The van der Waals surface area contributed by atoms with Gasteiger partial charge in [0.1, 0.15) is 5.01 Å². The summed E-state index contributed by atoms with van der Waals surface area (Å²) in [5, 5.41) is 12.4. The molecule has 2 nitrogen and oxygen atoms in total. The topological polar surface area (TPSA) is 33.1 Å². The Balaban J connectivity index is 2.11. The van der Waals surface area contributed by atoms with Gasteiger partial charge in [0, 0.05) is 11.8 Å². The van der Waals surface area contributed by atoms with Crippen molar-refractivity contribution in [2.24, 2.45) is 0 Å². The van der Waals surface area contributed by atoms with E-state index >= 15 is 0 Å². The standard InChI is InChI=1S/C14H11NOS/c16-9-13-8-15-14(17-13)12-6-5-10-3-1-2-4-11(10)7-12/h1-8,16H,9H2. The maximum Gasteiger partial charge on any atom is 0.123 e. The molecule has 0 aliphatic rings. The van der Waals surface area contributed by atoms with Crippen LogP contribution in [0.2, 0.25) is 0 Å². The van der Waals surface area contributed by atoms with Crippen LogP contribution < -0.4 is 0 Å². The molecule has 0 saturated carbocycles. The highest BCUT2D eigenvalue weighted by Gasteiger charge is 2.04. The second-order valence-corrected chi connectivity index (χ2v) is 4.97. The molecule has 84 valence electrons. The van der Waals surface area contributed by atoms with Gasteiger partial charge in [-0.1, -0.05) is 36.4 Å². The van der Waals surface area contributed by atoms with Gasteiger partial charge >= 0.3 is 0 Å². The molecule has 1 heterocycles. The van der Waals surface area contributed by atoms with Crippen LogP contribution in [0.1, 0.15) is 4.88 Å². The summed E-state index contributed by atoms with van der Waals surface area (Å²) in [7, 11) is 0. The lowest BCUT2D eigenvalue weighted by Crippen LogP contribution is -1.76. The van der Waals surface area contributed by atoms with Crippen molar-refractivity contribution in [2.45, 2.75) is 6.61 Å². The lowest BCUT2D eigenvalue weighted by Gasteiger charge is -2.00. The Labute approximate surface area is 103 Å². The van der Waals surface area contributed by atoms with E-state index < -0.39 is 0 Å². The molecule has 3 heteroatoms. The monoisotopic (exact) mass is 241 g/mol. The van der Waals surface area contributed by atoms with Crippen molar-refractivity contribution in [1.82, 2.24) is 4.98 Å². The van der Waals surface area contributed by atoms with Gasteiger partial charge in [-0.3, -0.25) is 0 Å². The summed E-state index contributed by atoms with van der Waals surface area (Å²) in [5.41, 5.74) is 1.11. The van der Waals surface area contributed by atoms with Crippen LogP contribution in [0.4, 0.5) is 0 Å². The van der Waals surface area contributed by atoms with Crippen molar-refractivity contribution in [3.8, 4) is 10.6 Å². The van der Waals surface area contributed by atoms with Crippen molar-refractivity contribution in [3.63, 3.8) is 0 Å². The molecule has 0 unspecified atom stereocenters. The summed E-state index contributed by atoms with van der Waals surface area (Å²) in [6.07, 6.45) is 1.73. The number of hydrogen-bond acceptors (Lipinski definition) is 3. The fourth-order valence-electron chi connectivity index (χ4n) is 1.84. The van der Waals surface area contributed by atoms with Crippen molar-refractivity contribution in [3.05, 3.63) is 53.5 Å². The summed E-state index contributed by atoms with van der Waals surface area (Å²) < 4.78 is 0. The summed E-state index contributed by atoms with van der Waals surface area (Å²) >= 11 is 1.53. The molecule has 0 spiro atoms. The number of thiazole rings is 1. The molecule has 0 saturated heterocycles. The van der Waals surface area contributed by atoms with E-state index in [1.165, 1.54) is 22.1 Å². The van der Waals surface area contributed by atoms with Gasteiger partial charge in [-0.15, -0.1) is 11.3 Å². The van der Waals surface area contributed by atoms with Gasteiger partial charge < -0.3 is 5.11 Å². The highest BCUT2D eigenvalue weighted by molar-refractivity contribution is 7.15. The fourth-order valence-corrected chi connectivity index (χ4v) is 2.60. The number of aliphatic hydroxyl groups excluding tert-OH is 1. The maximum absolute atomic E-state index is 9.04. The van der Waals surface area contributed by atoms with Gasteiger partial charge in [-0.2, -0.15) is 0 Å². The van der Waals surface area contributed by atoms with Crippen molar-refractivity contribution in [2.75, 3.05) is 0 Å². The minimum absolute atomic E-state index is 0.0608. The molecule has 0 fully saturated rings. The molecule has 2 aromatic carbocycles. The highest BCUT2D eigenvalue weighted by atomic mass is 32.1. The number of benzene rings is 2. The van der Waals surface area contributed by atoms with Crippen LogP contribution in [0.3, 0.4) is 0 Å². The Kier molecular flexibility index (Phi) is 2.63. The summed E-state index contributed by atoms with van der Waals surface area (Å²) in [6, 6.07) is 14.6. The predicted octanol–water partition coefficient (Wildman–Crippen LogP) is 3.46. The Bertz CT molecular complexity index is 660. The van der Waals surface area contributed by atoms with E-state index in [1.807, 2.05) is 12.1 Å². The van der Waals surface area contributed by atoms with Gasteiger partial charge in [-0.05, 0) is 16.8 Å². The first-order valence-electron chi connectivity index (χ1n) is 5.41. The first-order valence-corrected chi connectivity index (χ1v) is 6.23. The van der Waals surface area contributed by atoms with Crippen molar-refractivity contribution >= 4 is 22.1 Å². The normalized spacial score (nSPS) is 10.9. The molecular formula is C14H11NOS. The van der Waals surface area contributed by atoms with E-state index in [4.69, 9.17) is 5.11 Å². The average molecular weight is 241 g/mol. The average Bonchev–Trinajstić information content (AvgIpc) is 2.87. The minimum Gasteiger partial charge on any atom is -0.391 e. The molecule has 3 rings (SSSR count). The van der Waals surface area contributed by atoms with Crippen LogP contribution in [0, 0.1) is 0 Å². The third-order valence-corrected chi connectivity index (χ3v) is 3.74. The van der Waals surface area contributed by atoms with Crippen LogP contribution in [-0.2, 0) is 6.61 Å². The van der Waals surface area contributed by atoms with E-state index in [9.17, 15) is 0 Å². The van der Waals surface area contributed by atoms with E-state index in [-0.39, 0.29) is 6.61 Å². The molecule has 0 radical (unpaired) electrons. The van der Waals surface area contributed by atoms with Crippen LogP contribution in [-0.4, -0.2) is 10.1 Å². The summed E-state index contributed by atoms with van der Waals surface area (Å²) in [6.45, 7) is 0.0608. The van der Waals surface area contributed by atoms with E-state index in [0.717, 1.165) is 15.4 Å². The first kappa shape index (κ1) is 10.4. The Morgan fingerprint density at radius 1 is 1.06 bits per heavy atom. The van der Waals surface area contributed by atoms with Gasteiger partial charge in [0.2, 0.25) is 0 Å². The SMILES string of the molecule is OCc1cnc(-c2ccc3ccccc3c2)s1. The van der Waals surface area contributed by atoms with E-state index in [0.29, 0.717) is 0 Å². The quantitative estimate of drug-likeness (QED) is 0.745. The van der Waals surface area contributed by atoms with Crippen LogP contribution in [0.15, 0.2) is 48.7 Å². The zero-order valence-electron chi connectivity index (χ0n) is 9.13. The Hall–Kier alpha value is -1.71. The van der Waals surface area contributed by atoms with Gasteiger partial charge in [0.05, 0.1) is 11.5 Å². The van der Waals surface area contributed by atoms with E-state index in [2.05, 4.69) is 35.3 Å². The fraction of sp³-hybridized carbons (Fsp3) is 0.0714. The van der Waals surface area contributed by atoms with Gasteiger partial charge in [-0.25, -0.2) is 4.98 Å². The number of fused-ring (bicyclic) bond motifs is 1. The van der Waals surface area contributed by atoms with Crippen molar-refractivity contribution in [1.29, 1.82) is 0 Å². The Morgan fingerprint density at radius 2 is 1.88 bits per heavy atom. The molecule has 1 aromatic heterocycles. The number of rotatable bonds is 2. The number of aromatic nitrogens is 1. The molecule has 0 aliphatic heterocycles. The molecule has 17 heavy (non-hydrogen) atoms. The van der Waals surface area contributed by atoms with E-state index in [1.54, 1.807) is 6.20 Å². The number of hydrogen-bond donors (Lipinski definition) is 1. The van der Waals surface area contributed by atoms with Crippen LogP contribution >= 0.6 is 11.3 Å². The number of aliphatic hydroxyl groups is 1. The molecule has 1 N–H and O–H groups in total. The third-order valence-electron chi connectivity index (χ3n) is 2.71. The molecule has 0 aliphatic carbocycles. The lowest BCUT2D eigenvalue weighted by molar-refractivity contribution is 0.285. The minimum atomic E-state index is 0.0608. The smallest absolute Gasteiger partial charge is 0.123 e. The number of nitrogens with zero attached hydrogens (tertiary/aromatic N) is 1. The second-order valence-electron chi connectivity index (χ2n) is 3.85. The molecule has 3 aromatic rings. The third kappa shape index (κ3) is 1.95. The summed E-state index contributed by atoms with van der Waals surface area (Å²) in [4.78, 5) is 5.22. The lowest BCUT2D eigenvalue weighted by atomic mass is 10.1. The van der Waals surface area contributed by atoms with Gasteiger partial charge in [0.15, 0.2) is 0 Å². The highest BCUT2D eigenvalue weighted by Crippen LogP contribution is 2.28. The molecule has 0 atom stereocenters. The largest absolute Gasteiger partial charge is 0.391 e. The molecule has 0 bridgehead atoms. The predicted molar refractivity (Wildman–Crippen MR) is 71.0 cm³/mol. The zero-order valence-corrected chi connectivity index (χ0v) is 9.95. The first-order chi connectivity index (χ1) is 8.36. The second kappa shape index (κ2) is 4.28. The molecular weight excluding hydrogens is 230 g/mol. The maximum atomic E-state index is 9.04. The molecule has 0 amide bonds. The van der Waals surface area contributed by atoms with Crippen molar-refractivity contribution < 1.29 is 5.11 Å².